The Balaban J connectivity index is 2.13. The third-order valence-electron chi connectivity index (χ3n) is 3.01. The summed E-state index contributed by atoms with van der Waals surface area (Å²) < 4.78 is 3.15. The first-order valence-corrected chi connectivity index (χ1v) is 8.10. The Morgan fingerprint density at radius 3 is 2.90 bits per heavy atom. The van der Waals surface area contributed by atoms with Crippen molar-refractivity contribution in [3.05, 3.63) is 50.4 Å². The van der Waals surface area contributed by atoms with Gasteiger partial charge in [0.2, 0.25) is 0 Å². The van der Waals surface area contributed by atoms with E-state index in [1.165, 1.54) is 4.88 Å². The first-order valence-electron chi connectivity index (χ1n) is 5.89. The van der Waals surface area contributed by atoms with Gasteiger partial charge in [-0.15, -0.1) is 22.9 Å². The highest BCUT2D eigenvalue weighted by Crippen LogP contribution is 2.25. The van der Waals surface area contributed by atoms with Crippen LogP contribution in [0.5, 0.6) is 0 Å². The van der Waals surface area contributed by atoms with Gasteiger partial charge in [0, 0.05) is 14.7 Å². The Bertz CT molecular complexity index is 816. The number of nitriles is 1. The van der Waals surface area contributed by atoms with Crippen LogP contribution in [-0.2, 0) is 12.4 Å². The van der Waals surface area contributed by atoms with E-state index in [9.17, 15) is 0 Å². The third kappa shape index (κ3) is 2.47. The molecule has 3 rings (SSSR count). The Morgan fingerprint density at radius 1 is 1.40 bits per heavy atom. The second kappa shape index (κ2) is 5.57. The summed E-state index contributed by atoms with van der Waals surface area (Å²) in [5.74, 6) is 1.17. The number of thiophene rings is 1. The lowest BCUT2D eigenvalue weighted by atomic mass is 10.2. The molecule has 0 aliphatic carbocycles. The topological polar surface area (TPSA) is 41.6 Å². The van der Waals surface area contributed by atoms with Crippen LogP contribution in [0.3, 0.4) is 0 Å². The van der Waals surface area contributed by atoms with E-state index < -0.39 is 0 Å². The number of alkyl halides is 1. The second-order valence-corrected chi connectivity index (χ2v) is 6.47. The SMILES string of the molecule is N#Cc1ccc2nc(CCl)n(Cc3cc(Br)cs3)c2c1. The van der Waals surface area contributed by atoms with Crippen LogP contribution < -0.4 is 0 Å². The third-order valence-corrected chi connectivity index (χ3v) is 4.93. The summed E-state index contributed by atoms with van der Waals surface area (Å²) in [4.78, 5) is 5.74. The summed E-state index contributed by atoms with van der Waals surface area (Å²) in [7, 11) is 0. The van der Waals surface area contributed by atoms with Gasteiger partial charge in [0.25, 0.3) is 0 Å². The van der Waals surface area contributed by atoms with Crippen LogP contribution in [-0.4, -0.2) is 9.55 Å². The minimum absolute atomic E-state index is 0.350. The van der Waals surface area contributed by atoms with Gasteiger partial charge in [-0.25, -0.2) is 4.98 Å². The summed E-state index contributed by atoms with van der Waals surface area (Å²) >= 11 is 11.1. The molecule has 20 heavy (non-hydrogen) atoms. The summed E-state index contributed by atoms with van der Waals surface area (Å²) in [5.41, 5.74) is 2.45. The van der Waals surface area contributed by atoms with Crippen molar-refractivity contribution in [1.82, 2.24) is 9.55 Å². The summed E-state index contributed by atoms with van der Waals surface area (Å²) in [6.07, 6.45) is 0. The second-order valence-electron chi connectivity index (χ2n) is 4.29. The van der Waals surface area contributed by atoms with Crippen molar-refractivity contribution in [3.8, 4) is 6.07 Å². The number of halogens is 2. The van der Waals surface area contributed by atoms with Crippen molar-refractivity contribution in [2.24, 2.45) is 0 Å². The molecule has 0 bridgehead atoms. The average Bonchev–Trinajstić information content (AvgIpc) is 3.03. The molecule has 0 fully saturated rings. The van der Waals surface area contributed by atoms with E-state index in [-0.39, 0.29) is 0 Å². The number of benzene rings is 1. The van der Waals surface area contributed by atoms with Gasteiger partial charge in [-0.2, -0.15) is 5.26 Å². The Morgan fingerprint density at radius 2 is 2.25 bits per heavy atom. The van der Waals surface area contributed by atoms with Crippen LogP contribution >= 0.6 is 38.9 Å². The normalized spacial score (nSPS) is 10.8. The number of aromatic nitrogens is 2. The molecule has 0 aliphatic heterocycles. The van der Waals surface area contributed by atoms with Gasteiger partial charge in [-0.05, 0) is 40.2 Å². The van der Waals surface area contributed by atoms with Gasteiger partial charge in [0.15, 0.2) is 0 Å². The van der Waals surface area contributed by atoms with E-state index in [4.69, 9.17) is 16.9 Å². The van der Waals surface area contributed by atoms with E-state index in [0.717, 1.165) is 21.3 Å². The fourth-order valence-electron chi connectivity index (χ4n) is 2.11. The van der Waals surface area contributed by atoms with Gasteiger partial charge in [0.1, 0.15) is 5.82 Å². The molecule has 0 aliphatic rings. The average molecular weight is 367 g/mol. The molecule has 2 heterocycles. The molecule has 0 spiro atoms. The van der Waals surface area contributed by atoms with Crippen molar-refractivity contribution in [2.75, 3.05) is 0 Å². The van der Waals surface area contributed by atoms with Gasteiger partial charge >= 0.3 is 0 Å². The molecule has 0 radical (unpaired) electrons. The van der Waals surface area contributed by atoms with Crippen LogP contribution in [0.4, 0.5) is 0 Å². The number of fused-ring (bicyclic) bond motifs is 1. The van der Waals surface area contributed by atoms with Crippen molar-refractivity contribution in [2.45, 2.75) is 12.4 Å². The monoisotopic (exact) mass is 365 g/mol. The zero-order chi connectivity index (χ0) is 14.1. The van der Waals surface area contributed by atoms with E-state index in [1.54, 1.807) is 17.4 Å². The maximum atomic E-state index is 9.04. The Labute approximate surface area is 133 Å². The minimum atomic E-state index is 0.350. The van der Waals surface area contributed by atoms with Gasteiger partial charge < -0.3 is 4.57 Å². The Hall–Kier alpha value is -1.35. The molecule has 6 heteroatoms. The molecule has 0 N–H and O–H groups in total. The molecule has 0 saturated carbocycles. The fraction of sp³-hybridized carbons (Fsp3) is 0.143. The van der Waals surface area contributed by atoms with E-state index in [2.05, 4.69) is 43.0 Å². The van der Waals surface area contributed by atoms with Gasteiger partial charge in [-0.1, -0.05) is 0 Å². The molecule has 100 valence electrons. The van der Waals surface area contributed by atoms with Crippen LogP contribution in [0.2, 0.25) is 0 Å². The quantitative estimate of drug-likeness (QED) is 0.640. The first-order chi connectivity index (χ1) is 9.71. The van der Waals surface area contributed by atoms with Gasteiger partial charge in [-0.3, -0.25) is 0 Å². The summed E-state index contributed by atoms with van der Waals surface area (Å²) in [6, 6.07) is 9.75. The molecule has 0 atom stereocenters. The van der Waals surface area contributed by atoms with Crippen LogP contribution in [0, 0.1) is 11.3 Å². The first kappa shape index (κ1) is 13.6. The molecule has 0 unspecified atom stereocenters. The van der Waals surface area contributed by atoms with Crippen LogP contribution in [0.1, 0.15) is 16.3 Å². The van der Waals surface area contributed by atoms with E-state index >= 15 is 0 Å². The number of imidazole rings is 1. The molecular formula is C14H9BrClN3S. The number of hydrogen-bond donors (Lipinski definition) is 0. The molecule has 0 amide bonds. The zero-order valence-corrected chi connectivity index (χ0v) is 13.5. The van der Waals surface area contributed by atoms with E-state index in [1.807, 2.05) is 12.1 Å². The number of nitrogens with zero attached hydrogens (tertiary/aromatic N) is 3. The maximum absolute atomic E-state index is 9.04. The number of hydrogen-bond acceptors (Lipinski definition) is 3. The predicted molar refractivity (Wildman–Crippen MR) is 85.1 cm³/mol. The molecule has 3 nitrogen and oxygen atoms in total. The highest BCUT2D eigenvalue weighted by atomic mass is 79.9. The fourth-order valence-corrected chi connectivity index (χ4v) is 3.76. The Kier molecular flexibility index (Phi) is 3.79. The molecule has 2 aromatic heterocycles. The lowest BCUT2D eigenvalue weighted by Gasteiger charge is -2.06. The number of rotatable bonds is 3. The molecule has 1 aromatic carbocycles. The standard InChI is InChI=1S/C14H9BrClN3S/c15-10-4-11(20-8-10)7-19-13-3-9(6-17)1-2-12(13)18-14(19)5-16/h1-4,8H,5,7H2. The maximum Gasteiger partial charge on any atom is 0.125 e. The van der Waals surface area contributed by atoms with Crippen molar-refractivity contribution in [3.63, 3.8) is 0 Å². The lowest BCUT2D eigenvalue weighted by molar-refractivity contribution is 0.789. The van der Waals surface area contributed by atoms with Crippen molar-refractivity contribution in [1.29, 1.82) is 5.26 Å². The van der Waals surface area contributed by atoms with Crippen LogP contribution in [0.25, 0.3) is 11.0 Å². The summed E-state index contributed by atoms with van der Waals surface area (Å²) in [5, 5.41) is 11.1. The van der Waals surface area contributed by atoms with E-state index in [0.29, 0.717) is 18.0 Å². The van der Waals surface area contributed by atoms with Crippen LogP contribution in [0.15, 0.2) is 34.1 Å². The highest BCUT2D eigenvalue weighted by Gasteiger charge is 2.12. The highest BCUT2D eigenvalue weighted by molar-refractivity contribution is 9.10. The van der Waals surface area contributed by atoms with Gasteiger partial charge in [0.05, 0.1) is 35.1 Å². The lowest BCUT2D eigenvalue weighted by Crippen LogP contribution is -2.02. The van der Waals surface area contributed by atoms with Crippen molar-refractivity contribution >= 4 is 49.9 Å². The zero-order valence-electron chi connectivity index (χ0n) is 10.3. The minimum Gasteiger partial charge on any atom is -0.322 e. The predicted octanol–water partition coefficient (Wildman–Crippen LogP) is 4.52. The molecular weight excluding hydrogens is 358 g/mol. The largest absolute Gasteiger partial charge is 0.322 e. The van der Waals surface area contributed by atoms with Crippen molar-refractivity contribution < 1.29 is 0 Å². The molecule has 3 aromatic rings. The molecule has 0 saturated heterocycles. The smallest absolute Gasteiger partial charge is 0.125 e. The summed E-state index contributed by atoms with van der Waals surface area (Å²) in [6.45, 7) is 0.712.